The minimum absolute atomic E-state index is 0.256. The fourth-order valence-corrected chi connectivity index (χ4v) is 3.70. The Labute approximate surface area is 188 Å². The van der Waals surface area contributed by atoms with Crippen LogP contribution in [0, 0.1) is 0 Å². The summed E-state index contributed by atoms with van der Waals surface area (Å²) < 4.78 is 17.8. The molecule has 0 fully saturated rings. The molecular weight excluding hydrogens is 412 g/mol. The number of hydrogen-bond acceptors (Lipinski definition) is 6. The Morgan fingerprint density at radius 2 is 1.88 bits per heavy atom. The van der Waals surface area contributed by atoms with E-state index in [1.807, 2.05) is 46.0 Å². The molecule has 0 aliphatic carbocycles. The van der Waals surface area contributed by atoms with Gasteiger partial charge in [-0.1, -0.05) is 6.07 Å². The number of nitrogens with one attached hydrogen (secondary N) is 1. The van der Waals surface area contributed by atoms with Crippen LogP contribution in [0.3, 0.4) is 0 Å². The van der Waals surface area contributed by atoms with Gasteiger partial charge in [0.1, 0.15) is 5.60 Å². The maximum absolute atomic E-state index is 12.9. The summed E-state index contributed by atoms with van der Waals surface area (Å²) in [6.07, 6.45) is 0.870. The lowest BCUT2D eigenvalue weighted by Gasteiger charge is -2.30. The van der Waals surface area contributed by atoms with E-state index in [-0.39, 0.29) is 12.0 Å². The van der Waals surface area contributed by atoms with E-state index in [1.165, 1.54) is 0 Å². The first-order valence-electron chi connectivity index (χ1n) is 10.6. The first-order valence-corrected chi connectivity index (χ1v) is 10.6. The second-order valence-corrected chi connectivity index (χ2v) is 8.74. The van der Waals surface area contributed by atoms with Gasteiger partial charge in [0.15, 0.2) is 17.2 Å². The second kappa shape index (κ2) is 9.50. The van der Waals surface area contributed by atoms with Crippen LogP contribution in [-0.4, -0.2) is 59.6 Å². The average molecular weight is 445 g/mol. The van der Waals surface area contributed by atoms with Gasteiger partial charge in [-0.2, -0.15) is 5.10 Å². The fourth-order valence-electron chi connectivity index (χ4n) is 3.70. The molecule has 1 aromatic heterocycles. The number of benzene rings is 1. The summed E-state index contributed by atoms with van der Waals surface area (Å²) in [5, 5.41) is 7.36. The number of carbonyl (C=O) groups is 2. The van der Waals surface area contributed by atoms with Crippen molar-refractivity contribution in [1.29, 1.82) is 0 Å². The van der Waals surface area contributed by atoms with Gasteiger partial charge in [0, 0.05) is 37.8 Å². The van der Waals surface area contributed by atoms with Gasteiger partial charge in [-0.3, -0.25) is 9.48 Å². The molecule has 32 heavy (non-hydrogen) atoms. The number of amides is 2. The lowest BCUT2D eigenvalue weighted by atomic mass is 10.0. The third-order valence-corrected chi connectivity index (χ3v) is 5.26. The molecular formula is C23H32N4O5. The maximum atomic E-state index is 12.9. The average Bonchev–Trinajstić information content (AvgIpc) is 3.08. The van der Waals surface area contributed by atoms with Crippen LogP contribution in [0.4, 0.5) is 4.79 Å². The van der Waals surface area contributed by atoms with Crippen molar-refractivity contribution in [2.75, 3.05) is 27.3 Å². The molecule has 0 unspecified atom stereocenters. The van der Waals surface area contributed by atoms with Crippen LogP contribution in [-0.2, 0) is 31.2 Å². The summed E-state index contributed by atoms with van der Waals surface area (Å²) in [6.45, 7) is 6.78. The monoisotopic (exact) mass is 444 g/mol. The summed E-state index contributed by atoms with van der Waals surface area (Å²) in [6, 6.07) is 5.68. The molecule has 2 heterocycles. The Hall–Kier alpha value is -3.23. The number of methoxy groups -OCH3 is 2. The van der Waals surface area contributed by atoms with Gasteiger partial charge in [-0.25, -0.2) is 4.79 Å². The van der Waals surface area contributed by atoms with Crippen molar-refractivity contribution in [2.24, 2.45) is 7.05 Å². The zero-order valence-corrected chi connectivity index (χ0v) is 19.7. The Morgan fingerprint density at radius 3 is 2.53 bits per heavy atom. The van der Waals surface area contributed by atoms with E-state index in [1.54, 1.807) is 23.8 Å². The van der Waals surface area contributed by atoms with Crippen LogP contribution in [0.25, 0.3) is 0 Å². The molecule has 1 aliphatic rings. The van der Waals surface area contributed by atoms with Gasteiger partial charge in [0.2, 0.25) is 0 Å². The third-order valence-electron chi connectivity index (χ3n) is 5.26. The number of fused-ring (bicyclic) bond motifs is 1. The molecule has 0 saturated heterocycles. The first kappa shape index (κ1) is 23.4. The van der Waals surface area contributed by atoms with Gasteiger partial charge >= 0.3 is 6.09 Å². The molecule has 1 aliphatic heterocycles. The molecule has 0 atom stereocenters. The lowest BCUT2D eigenvalue weighted by Crippen LogP contribution is -2.40. The maximum Gasteiger partial charge on any atom is 0.410 e. The van der Waals surface area contributed by atoms with E-state index in [0.717, 1.165) is 16.8 Å². The summed E-state index contributed by atoms with van der Waals surface area (Å²) in [7, 11) is 5.01. The van der Waals surface area contributed by atoms with Crippen molar-refractivity contribution in [2.45, 2.75) is 45.8 Å². The minimum Gasteiger partial charge on any atom is -0.493 e. The van der Waals surface area contributed by atoms with E-state index in [0.29, 0.717) is 49.7 Å². The predicted octanol–water partition coefficient (Wildman–Crippen LogP) is 2.70. The summed E-state index contributed by atoms with van der Waals surface area (Å²) >= 11 is 0. The minimum atomic E-state index is -0.573. The van der Waals surface area contributed by atoms with E-state index >= 15 is 0 Å². The van der Waals surface area contributed by atoms with Gasteiger partial charge in [-0.15, -0.1) is 0 Å². The topological polar surface area (TPSA) is 94.9 Å². The number of nitrogens with zero attached hydrogens (tertiary/aromatic N) is 3. The zero-order valence-electron chi connectivity index (χ0n) is 19.7. The van der Waals surface area contributed by atoms with Gasteiger partial charge in [0.05, 0.1) is 20.8 Å². The van der Waals surface area contributed by atoms with Crippen LogP contribution in [0.1, 0.15) is 48.1 Å². The number of carbonyl (C=O) groups excluding carboxylic acids is 2. The quantitative estimate of drug-likeness (QED) is 0.736. The molecule has 0 radical (unpaired) electrons. The standard InChI is InChI=1S/C23H32N4O5/c1-23(2,3)32-22(29)27-12-10-17-16(14-27)20(25-26(17)4)21(28)24-11-9-15-7-8-18(30-5)19(13-15)31-6/h7-8,13H,9-12,14H2,1-6H3,(H,24,28). The number of ether oxygens (including phenoxy) is 3. The fraction of sp³-hybridized carbons (Fsp3) is 0.522. The molecule has 3 rings (SSSR count). The van der Waals surface area contributed by atoms with Crippen molar-refractivity contribution in [1.82, 2.24) is 20.0 Å². The molecule has 1 N–H and O–H groups in total. The Morgan fingerprint density at radius 1 is 1.16 bits per heavy atom. The molecule has 0 bridgehead atoms. The number of rotatable bonds is 6. The highest BCUT2D eigenvalue weighted by molar-refractivity contribution is 5.94. The van der Waals surface area contributed by atoms with E-state index in [9.17, 15) is 9.59 Å². The number of aryl methyl sites for hydroxylation is 1. The highest BCUT2D eigenvalue weighted by atomic mass is 16.6. The Bertz CT molecular complexity index is 993. The molecule has 2 aromatic rings. The van der Waals surface area contributed by atoms with Crippen LogP contribution < -0.4 is 14.8 Å². The summed E-state index contributed by atoms with van der Waals surface area (Å²) in [4.78, 5) is 27.0. The SMILES string of the molecule is COc1ccc(CCNC(=O)c2nn(C)c3c2CN(C(=O)OC(C)(C)C)CC3)cc1OC. The van der Waals surface area contributed by atoms with Crippen molar-refractivity contribution >= 4 is 12.0 Å². The molecule has 0 saturated carbocycles. The molecule has 1 aromatic carbocycles. The highest BCUT2D eigenvalue weighted by Gasteiger charge is 2.31. The molecule has 0 spiro atoms. The number of hydrogen-bond donors (Lipinski definition) is 1. The van der Waals surface area contributed by atoms with Crippen molar-refractivity contribution in [3.63, 3.8) is 0 Å². The van der Waals surface area contributed by atoms with E-state index in [4.69, 9.17) is 14.2 Å². The van der Waals surface area contributed by atoms with Crippen molar-refractivity contribution < 1.29 is 23.8 Å². The van der Waals surface area contributed by atoms with Crippen LogP contribution >= 0.6 is 0 Å². The van der Waals surface area contributed by atoms with Gasteiger partial charge in [0.25, 0.3) is 5.91 Å². The Kier molecular flexibility index (Phi) is 6.96. The zero-order chi connectivity index (χ0) is 23.5. The number of aromatic nitrogens is 2. The van der Waals surface area contributed by atoms with E-state index < -0.39 is 5.60 Å². The normalized spacial score (nSPS) is 13.4. The van der Waals surface area contributed by atoms with Gasteiger partial charge in [-0.05, 0) is 44.9 Å². The third kappa shape index (κ3) is 5.33. The largest absolute Gasteiger partial charge is 0.493 e. The van der Waals surface area contributed by atoms with Crippen molar-refractivity contribution in [3.05, 3.63) is 40.7 Å². The van der Waals surface area contributed by atoms with Crippen LogP contribution in [0.15, 0.2) is 18.2 Å². The highest BCUT2D eigenvalue weighted by Crippen LogP contribution is 2.28. The molecule has 174 valence electrons. The van der Waals surface area contributed by atoms with Crippen molar-refractivity contribution in [3.8, 4) is 11.5 Å². The summed E-state index contributed by atoms with van der Waals surface area (Å²) in [5.74, 6) is 1.06. The van der Waals surface area contributed by atoms with Crippen LogP contribution in [0.5, 0.6) is 11.5 Å². The van der Waals surface area contributed by atoms with Crippen LogP contribution in [0.2, 0.25) is 0 Å². The first-order chi connectivity index (χ1) is 15.1. The van der Waals surface area contributed by atoms with Gasteiger partial charge < -0.3 is 24.4 Å². The molecule has 9 heteroatoms. The smallest absolute Gasteiger partial charge is 0.410 e. The summed E-state index contributed by atoms with van der Waals surface area (Å²) in [5.41, 5.74) is 2.53. The molecule has 2 amide bonds. The van der Waals surface area contributed by atoms with E-state index in [2.05, 4.69) is 10.4 Å². The Balaban J connectivity index is 1.65. The second-order valence-electron chi connectivity index (χ2n) is 8.74. The predicted molar refractivity (Wildman–Crippen MR) is 119 cm³/mol. The lowest BCUT2D eigenvalue weighted by molar-refractivity contribution is 0.0221. The molecule has 9 nitrogen and oxygen atoms in total.